The van der Waals surface area contributed by atoms with E-state index < -0.39 is 11.5 Å². The Morgan fingerprint density at radius 2 is 2.16 bits per heavy atom. The van der Waals surface area contributed by atoms with Gasteiger partial charge in [-0.05, 0) is 56.5 Å². The number of hydrogen-bond acceptors (Lipinski definition) is 7. The van der Waals surface area contributed by atoms with Crippen LogP contribution in [0.3, 0.4) is 0 Å². The molecule has 1 atom stereocenters. The van der Waals surface area contributed by atoms with Crippen LogP contribution in [0.15, 0.2) is 34.0 Å². The Kier molecular flexibility index (Phi) is 9.16. The summed E-state index contributed by atoms with van der Waals surface area (Å²) < 4.78 is 0. The molecular formula is C22H26ClN5O2S. The number of nitrogens with zero attached hydrogens (tertiary/aromatic N) is 5. The minimum atomic E-state index is -1.32. The first-order chi connectivity index (χ1) is 14.8. The highest BCUT2D eigenvalue weighted by atomic mass is 35.5. The van der Waals surface area contributed by atoms with E-state index >= 15 is 0 Å². The van der Waals surface area contributed by atoms with Crippen molar-refractivity contribution in [3.63, 3.8) is 0 Å². The van der Waals surface area contributed by atoms with Gasteiger partial charge in [-0.1, -0.05) is 43.2 Å². The van der Waals surface area contributed by atoms with E-state index in [0.717, 1.165) is 48.4 Å². The highest BCUT2D eigenvalue weighted by Crippen LogP contribution is 2.33. The molecule has 0 amide bonds. The number of carbonyl (C=O) groups is 1. The van der Waals surface area contributed by atoms with Crippen molar-refractivity contribution in [2.24, 2.45) is 10.2 Å². The molecular weight excluding hydrogens is 434 g/mol. The molecule has 0 saturated carbocycles. The van der Waals surface area contributed by atoms with Crippen LogP contribution in [-0.2, 0) is 4.79 Å². The number of hydrogen-bond donors (Lipinski definition) is 1. The maximum Gasteiger partial charge on any atom is 0.346 e. The quantitative estimate of drug-likeness (QED) is 0.236. The standard InChI is InChI=1S/C22H26ClN5O2S/c1-5-7-10-28(15(4)6-2)17-8-9-18(14(3)11-17)26-27-22-25-20(23)19(31-22)12-16(13-24)21(29)30/h8-9,11-12,15H,5-7,10H2,1-4H3,(H,29,30)/b16-12+,27-26?. The number of thiazole rings is 1. The van der Waals surface area contributed by atoms with E-state index in [9.17, 15) is 4.79 Å². The molecule has 2 rings (SSSR count). The van der Waals surface area contributed by atoms with Gasteiger partial charge >= 0.3 is 5.97 Å². The number of benzene rings is 1. The number of unbranched alkanes of at least 4 members (excludes halogenated alkanes) is 1. The van der Waals surface area contributed by atoms with Crippen molar-refractivity contribution in [1.82, 2.24) is 4.98 Å². The molecule has 9 heteroatoms. The minimum Gasteiger partial charge on any atom is -0.477 e. The fourth-order valence-corrected chi connectivity index (χ4v) is 3.91. The Morgan fingerprint density at radius 3 is 2.74 bits per heavy atom. The van der Waals surface area contributed by atoms with Gasteiger partial charge in [0.25, 0.3) is 0 Å². The fraction of sp³-hybridized carbons (Fsp3) is 0.409. The lowest BCUT2D eigenvalue weighted by atomic mass is 10.1. The maximum atomic E-state index is 11.0. The molecule has 0 radical (unpaired) electrons. The van der Waals surface area contributed by atoms with Crippen molar-refractivity contribution >= 4 is 51.5 Å². The van der Waals surface area contributed by atoms with E-state index in [-0.39, 0.29) is 10.3 Å². The van der Waals surface area contributed by atoms with Crippen LogP contribution in [0.1, 0.15) is 50.5 Å². The Morgan fingerprint density at radius 1 is 1.42 bits per heavy atom. The van der Waals surface area contributed by atoms with E-state index in [0.29, 0.717) is 10.9 Å². The lowest BCUT2D eigenvalue weighted by Crippen LogP contribution is -2.33. The molecule has 1 aromatic heterocycles. The molecule has 0 aliphatic rings. The van der Waals surface area contributed by atoms with Gasteiger partial charge in [-0.25, -0.2) is 9.78 Å². The van der Waals surface area contributed by atoms with Gasteiger partial charge in [0.2, 0.25) is 5.13 Å². The highest BCUT2D eigenvalue weighted by Gasteiger charge is 2.14. The summed E-state index contributed by atoms with van der Waals surface area (Å²) in [6.45, 7) is 9.62. The lowest BCUT2D eigenvalue weighted by Gasteiger charge is -2.31. The van der Waals surface area contributed by atoms with Gasteiger partial charge in [-0.2, -0.15) is 5.26 Å². The number of carboxylic acids is 1. The van der Waals surface area contributed by atoms with E-state index in [1.54, 1.807) is 6.07 Å². The Balaban J connectivity index is 2.25. The number of rotatable bonds is 10. The summed E-state index contributed by atoms with van der Waals surface area (Å²) in [5, 5.41) is 26.7. The van der Waals surface area contributed by atoms with Gasteiger partial charge < -0.3 is 10.0 Å². The first kappa shape index (κ1) is 24.5. The van der Waals surface area contributed by atoms with Crippen LogP contribution in [0.5, 0.6) is 0 Å². The van der Waals surface area contributed by atoms with Crippen LogP contribution in [0.2, 0.25) is 5.15 Å². The molecule has 164 valence electrons. The third kappa shape index (κ3) is 6.61. The second-order valence-electron chi connectivity index (χ2n) is 7.10. The molecule has 1 heterocycles. The molecule has 7 nitrogen and oxygen atoms in total. The van der Waals surface area contributed by atoms with Crippen molar-refractivity contribution in [2.45, 2.75) is 53.0 Å². The highest BCUT2D eigenvalue weighted by molar-refractivity contribution is 7.16. The third-order valence-electron chi connectivity index (χ3n) is 4.86. The predicted molar refractivity (Wildman–Crippen MR) is 126 cm³/mol. The predicted octanol–water partition coefficient (Wildman–Crippen LogP) is 6.92. The van der Waals surface area contributed by atoms with Gasteiger partial charge in [0.15, 0.2) is 0 Å². The molecule has 0 spiro atoms. The molecule has 0 aliphatic carbocycles. The molecule has 0 saturated heterocycles. The van der Waals surface area contributed by atoms with Crippen molar-refractivity contribution < 1.29 is 9.90 Å². The minimum absolute atomic E-state index is 0.0835. The van der Waals surface area contributed by atoms with Gasteiger partial charge in [-0.15, -0.1) is 10.2 Å². The summed E-state index contributed by atoms with van der Waals surface area (Å²) in [6.07, 6.45) is 4.54. The van der Waals surface area contributed by atoms with Crippen LogP contribution < -0.4 is 4.90 Å². The smallest absolute Gasteiger partial charge is 0.346 e. The second kappa shape index (κ2) is 11.6. The number of azo groups is 1. The number of nitriles is 1. The topological polar surface area (TPSA) is 102 Å². The van der Waals surface area contributed by atoms with Crippen molar-refractivity contribution in [3.8, 4) is 6.07 Å². The summed E-state index contributed by atoms with van der Waals surface area (Å²) in [4.78, 5) is 17.9. The Bertz CT molecular complexity index is 1030. The SMILES string of the molecule is CCCCN(c1ccc(N=Nc2nc(Cl)c(/C=C(\C#N)C(=O)O)s2)c(C)c1)C(C)CC. The number of anilines is 1. The third-order valence-corrected chi connectivity index (χ3v) is 6.14. The zero-order valence-electron chi connectivity index (χ0n) is 18.1. The molecule has 0 aliphatic heterocycles. The molecule has 0 bridgehead atoms. The second-order valence-corrected chi connectivity index (χ2v) is 8.47. The van der Waals surface area contributed by atoms with E-state index in [2.05, 4.69) is 53.0 Å². The zero-order chi connectivity index (χ0) is 23.0. The van der Waals surface area contributed by atoms with Crippen LogP contribution in [0.25, 0.3) is 6.08 Å². The molecule has 0 fully saturated rings. The average molecular weight is 460 g/mol. The monoisotopic (exact) mass is 459 g/mol. The van der Waals surface area contributed by atoms with Crippen LogP contribution in [-0.4, -0.2) is 28.6 Å². The summed E-state index contributed by atoms with van der Waals surface area (Å²) in [7, 11) is 0. The zero-order valence-corrected chi connectivity index (χ0v) is 19.7. The van der Waals surface area contributed by atoms with Crippen molar-refractivity contribution in [3.05, 3.63) is 39.4 Å². The van der Waals surface area contributed by atoms with Gasteiger partial charge in [-0.3, -0.25) is 0 Å². The van der Waals surface area contributed by atoms with Gasteiger partial charge in [0, 0.05) is 18.3 Å². The molecule has 31 heavy (non-hydrogen) atoms. The summed E-state index contributed by atoms with van der Waals surface area (Å²) in [5.41, 5.74) is 2.46. The van der Waals surface area contributed by atoms with E-state index in [1.165, 1.54) is 11.8 Å². The molecule has 2 aromatic rings. The number of aromatic nitrogens is 1. The van der Waals surface area contributed by atoms with Crippen molar-refractivity contribution in [2.75, 3.05) is 11.4 Å². The summed E-state index contributed by atoms with van der Waals surface area (Å²) >= 11 is 7.12. The van der Waals surface area contributed by atoms with Crippen LogP contribution in [0, 0.1) is 18.3 Å². The first-order valence-corrected chi connectivity index (χ1v) is 11.3. The van der Waals surface area contributed by atoms with Crippen molar-refractivity contribution in [1.29, 1.82) is 5.26 Å². The number of aryl methyl sites for hydroxylation is 1. The summed E-state index contributed by atoms with van der Waals surface area (Å²) in [6, 6.07) is 8.17. The molecule has 1 N–H and O–H groups in total. The Labute approximate surface area is 191 Å². The fourth-order valence-electron chi connectivity index (χ4n) is 2.89. The average Bonchev–Trinajstić information content (AvgIpc) is 3.10. The number of aliphatic carboxylic acids is 1. The molecule has 1 aromatic carbocycles. The normalized spacial score (nSPS) is 12.7. The van der Waals surface area contributed by atoms with E-state index in [4.69, 9.17) is 22.0 Å². The first-order valence-electron chi connectivity index (χ1n) is 10.1. The largest absolute Gasteiger partial charge is 0.477 e. The maximum absolute atomic E-state index is 11.0. The van der Waals surface area contributed by atoms with E-state index in [1.807, 2.05) is 13.0 Å². The van der Waals surface area contributed by atoms with Gasteiger partial charge in [0.05, 0.1) is 10.6 Å². The molecule has 1 unspecified atom stereocenters. The van der Waals surface area contributed by atoms with Gasteiger partial charge in [0.1, 0.15) is 16.8 Å². The van der Waals surface area contributed by atoms with Crippen LogP contribution >= 0.6 is 22.9 Å². The number of carboxylic acid groups (broad SMARTS) is 1. The number of halogens is 1. The Hall–Kier alpha value is -2.76. The van der Waals surface area contributed by atoms with Crippen LogP contribution in [0.4, 0.5) is 16.5 Å². The lowest BCUT2D eigenvalue weighted by molar-refractivity contribution is -0.132. The summed E-state index contributed by atoms with van der Waals surface area (Å²) in [5.74, 6) is -1.32.